The molecule has 35 heavy (non-hydrogen) atoms. The van der Waals surface area contributed by atoms with E-state index in [0.29, 0.717) is 0 Å². The summed E-state index contributed by atoms with van der Waals surface area (Å²) < 4.78 is 24.3. The molecule has 0 saturated carbocycles. The number of carboxylic acid groups (broad SMARTS) is 1. The van der Waals surface area contributed by atoms with Crippen LogP contribution < -0.4 is 10.6 Å². The van der Waals surface area contributed by atoms with E-state index in [0.717, 1.165) is 28.3 Å². The maximum atomic E-state index is 13.7. The lowest BCUT2D eigenvalue weighted by molar-refractivity contribution is -0.120. The molecule has 0 spiro atoms. The lowest BCUT2D eigenvalue weighted by Gasteiger charge is -2.14. The Hall–Kier alpha value is -4.24. The van der Waals surface area contributed by atoms with E-state index in [2.05, 4.69) is 22.8 Å². The van der Waals surface area contributed by atoms with E-state index in [-0.39, 0.29) is 31.4 Å². The summed E-state index contributed by atoms with van der Waals surface area (Å²) in [6.07, 6.45) is -0.606. The van der Waals surface area contributed by atoms with Crippen molar-refractivity contribution in [2.45, 2.75) is 5.92 Å². The van der Waals surface area contributed by atoms with Gasteiger partial charge < -0.3 is 25.2 Å². The number of hydrogen-bond acceptors (Lipinski definition) is 5. The predicted octanol–water partition coefficient (Wildman–Crippen LogP) is 4.02. The van der Waals surface area contributed by atoms with Crippen LogP contribution in [0, 0.1) is 5.82 Å². The number of fused-ring (bicyclic) bond motifs is 3. The minimum Gasteiger partial charge on any atom is -0.478 e. The molecule has 1 aliphatic rings. The van der Waals surface area contributed by atoms with Gasteiger partial charge in [-0.2, -0.15) is 0 Å². The lowest BCUT2D eigenvalue weighted by atomic mass is 9.98. The number of benzene rings is 3. The summed E-state index contributed by atoms with van der Waals surface area (Å²) in [7, 11) is 0. The number of alkyl carbamates (subject to hydrolysis) is 1. The molecule has 0 atom stereocenters. The van der Waals surface area contributed by atoms with E-state index >= 15 is 0 Å². The second-order valence-corrected chi connectivity index (χ2v) is 7.82. The highest BCUT2D eigenvalue weighted by Crippen LogP contribution is 2.44. The number of hydrogen-bond donors (Lipinski definition) is 3. The fourth-order valence-electron chi connectivity index (χ4n) is 4.07. The summed E-state index contributed by atoms with van der Waals surface area (Å²) in [5.41, 5.74) is 3.70. The van der Waals surface area contributed by atoms with Crippen molar-refractivity contribution in [3.8, 4) is 11.1 Å². The second kappa shape index (κ2) is 10.8. The Kier molecular flexibility index (Phi) is 7.37. The summed E-state index contributed by atoms with van der Waals surface area (Å²) in [5.74, 6) is -3.15. The standard InChI is InChI=1S/C26H23FN2O6/c27-21-10-5-11-22(24(21)25(31)32)29-23(30)15-34-13-12-28-26(33)35-14-20-18-8-3-1-6-16(18)17-7-2-4-9-19(17)20/h1-11,20H,12-15H2,(H,28,33)(H,29,30)(H,31,32). The third kappa shape index (κ3) is 5.47. The molecule has 4 rings (SSSR count). The molecular formula is C26H23FN2O6. The minimum atomic E-state index is -1.49. The van der Waals surface area contributed by atoms with Crippen molar-refractivity contribution in [2.75, 3.05) is 31.7 Å². The van der Waals surface area contributed by atoms with Crippen LogP contribution in [0.3, 0.4) is 0 Å². The van der Waals surface area contributed by atoms with Gasteiger partial charge in [-0.25, -0.2) is 14.0 Å². The minimum absolute atomic E-state index is 0.0204. The molecule has 2 amide bonds. The zero-order valence-electron chi connectivity index (χ0n) is 18.6. The van der Waals surface area contributed by atoms with Gasteiger partial charge in [0.2, 0.25) is 5.91 Å². The highest BCUT2D eigenvalue weighted by Gasteiger charge is 2.29. The van der Waals surface area contributed by atoms with Gasteiger partial charge in [0.25, 0.3) is 0 Å². The molecule has 0 radical (unpaired) electrons. The van der Waals surface area contributed by atoms with Crippen molar-refractivity contribution < 1.29 is 33.4 Å². The molecular weight excluding hydrogens is 455 g/mol. The van der Waals surface area contributed by atoms with Gasteiger partial charge in [0.1, 0.15) is 24.6 Å². The maximum Gasteiger partial charge on any atom is 0.407 e. The molecule has 0 bridgehead atoms. The number of carboxylic acids is 1. The number of carbonyl (C=O) groups is 3. The van der Waals surface area contributed by atoms with Crippen LogP contribution in [0.5, 0.6) is 0 Å². The van der Waals surface area contributed by atoms with E-state index in [4.69, 9.17) is 14.6 Å². The van der Waals surface area contributed by atoms with Gasteiger partial charge >= 0.3 is 12.1 Å². The summed E-state index contributed by atoms with van der Waals surface area (Å²) >= 11 is 0. The first kappa shape index (κ1) is 23.9. The molecule has 0 saturated heterocycles. The average Bonchev–Trinajstić information content (AvgIpc) is 3.16. The number of aromatic carboxylic acids is 1. The summed E-state index contributed by atoms with van der Waals surface area (Å²) in [4.78, 5) is 35.3. The largest absolute Gasteiger partial charge is 0.478 e. The molecule has 1 aliphatic carbocycles. The fraction of sp³-hybridized carbons (Fsp3) is 0.192. The molecule has 3 aromatic carbocycles. The van der Waals surface area contributed by atoms with Gasteiger partial charge in [0.15, 0.2) is 0 Å². The van der Waals surface area contributed by atoms with E-state index < -0.39 is 36.0 Å². The predicted molar refractivity (Wildman–Crippen MR) is 126 cm³/mol. The van der Waals surface area contributed by atoms with Crippen LogP contribution in [0.2, 0.25) is 0 Å². The molecule has 3 aromatic rings. The summed E-state index contributed by atoms with van der Waals surface area (Å²) in [5, 5.41) is 14.0. The molecule has 9 heteroatoms. The first-order valence-corrected chi connectivity index (χ1v) is 10.9. The number of anilines is 1. The van der Waals surface area contributed by atoms with Crippen molar-refractivity contribution in [3.63, 3.8) is 0 Å². The fourth-order valence-corrected chi connectivity index (χ4v) is 4.07. The quantitative estimate of drug-likeness (QED) is 0.401. The normalized spacial score (nSPS) is 11.9. The Balaban J connectivity index is 1.19. The molecule has 0 aromatic heterocycles. The van der Waals surface area contributed by atoms with E-state index in [1.807, 2.05) is 36.4 Å². The van der Waals surface area contributed by atoms with E-state index in [1.165, 1.54) is 12.1 Å². The van der Waals surface area contributed by atoms with E-state index in [1.54, 1.807) is 0 Å². The monoisotopic (exact) mass is 478 g/mol. The first-order valence-electron chi connectivity index (χ1n) is 10.9. The smallest absolute Gasteiger partial charge is 0.407 e. The number of carbonyl (C=O) groups excluding carboxylic acids is 2. The van der Waals surface area contributed by atoms with E-state index in [9.17, 15) is 18.8 Å². The van der Waals surface area contributed by atoms with Crippen LogP contribution >= 0.6 is 0 Å². The second-order valence-electron chi connectivity index (χ2n) is 7.82. The zero-order chi connectivity index (χ0) is 24.8. The molecule has 0 aliphatic heterocycles. The Morgan fingerprint density at radius 3 is 2.23 bits per heavy atom. The van der Waals surface area contributed by atoms with Gasteiger partial charge in [0.05, 0.1) is 12.3 Å². The summed E-state index contributed by atoms with van der Waals surface area (Å²) in [6, 6.07) is 19.6. The van der Waals surface area contributed by atoms with Crippen molar-refractivity contribution in [1.82, 2.24) is 5.32 Å². The number of amides is 2. The molecule has 0 unspecified atom stereocenters. The van der Waals surface area contributed by atoms with Crippen LogP contribution in [0.4, 0.5) is 14.9 Å². The number of nitrogens with one attached hydrogen (secondary N) is 2. The first-order chi connectivity index (χ1) is 17.0. The van der Waals surface area contributed by atoms with Crippen LogP contribution in [-0.2, 0) is 14.3 Å². The maximum absolute atomic E-state index is 13.7. The third-order valence-electron chi connectivity index (χ3n) is 5.59. The zero-order valence-corrected chi connectivity index (χ0v) is 18.6. The number of ether oxygens (including phenoxy) is 2. The van der Waals surface area contributed by atoms with Crippen LogP contribution in [0.1, 0.15) is 27.4 Å². The van der Waals surface area contributed by atoms with Gasteiger partial charge in [-0.15, -0.1) is 0 Å². The topological polar surface area (TPSA) is 114 Å². The third-order valence-corrected chi connectivity index (χ3v) is 5.59. The Bertz CT molecular complexity index is 1220. The van der Waals surface area contributed by atoms with Gasteiger partial charge in [-0.3, -0.25) is 4.79 Å². The Labute approximate surface area is 200 Å². The lowest BCUT2D eigenvalue weighted by Crippen LogP contribution is -2.30. The molecule has 0 heterocycles. The summed E-state index contributed by atoms with van der Waals surface area (Å²) in [6.45, 7) is -0.0958. The number of halogens is 1. The SMILES string of the molecule is O=C(COCCNC(=O)OCC1c2ccccc2-c2ccccc21)Nc1cccc(F)c1C(=O)O. The molecule has 8 nitrogen and oxygen atoms in total. The Morgan fingerprint density at radius 1 is 0.914 bits per heavy atom. The highest BCUT2D eigenvalue weighted by molar-refractivity contribution is 6.01. The van der Waals surface area contributed by atoms with Crippen molar-refractivity contribution >= 4 is 23.7 Å². The van der Waals surface area contributed by atoms with Crippen LogP contribution in [0.25, 0.3) is 11.1 Å². The number of rotatable bonds is 9. The Morgan fingerprint density at radius 2 is 1.57 bits per heavy atom. The van der Waals surface area contributed by atoms with Crippen molar-refractivity contribution in [2.24, 2.45) is 0 Å². The van der Waals surface area contributed by atoms with Crippen LogP contribution in [0.15, 0.2) is 66.7 Å². The molecule has 180 valence electrons. The van der Waals surface area contributed by atoms with Gasteiger partial charge in [0, 0.05) is 12.5 Å². The highest BCUT2D eigenvalue weighted by atomic mass is 19.1. The van der Waals surface area contributed by atoms with Crippen LogP contribution in [-0.4, -0.2) is 49.4 Å². The van der Waals surface area contributed by atoms with Crippen molar-refractivity contribution in [1.29, 1.82) is 0 Å². The van der Waals surface area contributed by atoms with Gasteiger partial charge in [-0.05, 0) is 34.4 Å². The van der Waals surface area contributed by atoms with Gasteiger partial charge in [-0.1, -0.05) is 54.6 Å². The average molecular weight is 478 g/mol. The molecule has 0 fully saturated rings. The van der Waals surface area contributed by atoms with Crippen molar-refractivity contribution in [3.05, 3.63) is 89.2 Å². The molecule has 3 N–H and O–H groups in total.